The Labute approximate surface area is 117 Å². The van der Waals surface area contributed by atoms with Gasteiger partial charge in [0, 0.05) is 6.04 Å². The van der Waals surface area contributed by atoms with Gasteiger partial charge in [0.25, 0.3) is 0 Å². The fraction of sp³-hybridized carbons (Fsp3) is 0.647. The largest absolute Gasteiger partial charge is 0.490 e. The second kappa shape index (κ2) is 6.95. The average molecular weight is 261 g/mol. The zero-order valence-corrected chi connectivity index (χ0v) is 12.3. The maximum Gasteiger partial charge on any atom is 0.122 e. The topological polar surface area (TPSA) is 35.2 Å². The van der Waals surface area contributed by atoms with E-state index in [9.17, 15) is 0 Å². The van der Waals surface area contributed by atoms with Crippen LogP contribution in [0.25, 0.3) is 0 Å². The fourth-order valence-corrected chi connectivity index (χ4v) is 2.77. The van der Waals surface area contributed by atoms with Gasteiger partial charge in [-0.2, -0.15) is 0 Å². The van der Waals surface area contributed by atoms with Gasteiger partial charge in [-0.25, -0.2) is 0 Å². The van der Waals surface area contributed by atoms with Crippen molar-refractivity contribution in [3.63, 3.8) is 0 Å². The maximum absolute atomic E-state index is 6.23. The van der Waals surface area contributed by atoms with Crippen LogP contribution in [-0.4, -0.2) is 12.1 Å². The molecule has 1 aliphatic rings. The molecule has 1 saturated carbocycles. The number of aryl methyl sites for hydroxylation is 1. The molecule has 106 valence electrons. The van der Waals surface area contributed by atoms with E-state index < -0.39 is 0 Å². The second-order valence-electron chi connectivity index (χ2n) is 5.86. The van der Waals surface area contributed by atoms with Crippen LogP contribution in [0.5, 0.6) is 5.75 Å². The first-order chi connectivity index (χ1) is 9.19. The molecule has 2 heteroatoms. The van der Waals surface area contributed by atoms with E-state index in [0.29, 0.717) is 6.10 Å². The van der Waals surface area contributed by atoms with Crippen molar-refractivity contribution in [3.8, 4) is 5.75 Å². The molecule has 19 heavy (non-hydrogen) atoms. The van der Waals surface area contributed by atoms with Crippen molar-refractivity contribution in [2.45, 2.75) is 70.9 Å². The molecule has 0 aliphatic heterocycles. The Morgan fingerprint density at radius 3 is 2.68 bits per heavy atom. The van der Waals surface area contributed by atoms with Crippen LogP contribution < -0.4 is 10.5 Å². The van der Waals surface area contributed by atoms with Crippen LogP contribution in [0.2, 0.25) is 0 Å². The summed E-state index contributed by atoms with van der Waals surface area (Å²) in [5, 5.41) is 0. The molecule has 0 saturated heterocycles. The summed E-state index contributed by atoms with van der Waals surface area (Å²) < 4.78 is 6.23. The first kappa shape index (κ1) is 14.4. The van der Waals surface area contributed by atoms with Gasteiger partial charge in [-0.15, -0.1) is 0 Å². The zero-order chi connectivity index (χ0) is 13.7. The number of ether oxygens (including phenoxy) is 1. The van der Waals surface area contributed by atoms with Gasteiger partial charge < -0.3 is 10.5 Å². The molecule has 0 bridgehead atoms. The van der Waals surface area contributed by atoms with E-state index in [4.69, 9.17) is 10.5 Å². The van der Waals surface area contributed by atoms with Gasteiger partial charge >= 0.3 is 0 Å². The minimum Gasteiger partial charge on any atom is -0.490 e. The molecular formula is C17H27NO. The molecule has 2 rings (SSSR count). The molecule has 1 aromatic carbocycles. The quantitative estimate of drug-likeness (QED) is 0.870. The molecule has 0 radical (unpaired) electrons. The molecule has 1 atom stereocenters. The summed E-state index contributed by atoms with van der Waals surface area (Å²) >= 11 is 0. The Morgan fingerprint density at radius 1 is 1.26 bits per heavy atom. The van der Waals surface area contributed by atoms with Crippen LogP contribution in [-0.2, 0) is 6.42 Å². The van der Waals surface area contributed by atoms with E-state index >= 15 is 0 Å². The Kier molecular flexibility index (Phi) is 5.26. The Balaban J connectivity index is 2.09. The Bertz CT molecular complexity index is 396. The molecule has 0 spiro atoms. The first-order valence-electron chi connectivity index (χ1n) is 7.70. The van der Waals surface area contributed by atoms with E-state index in [2.05, 4.69) is 32.0 Å². The zero-order valence-electron chi connectivity index (χ0n) is 12.3. The molecule has 0 amide bonds. The molecule has 0 aromatic heterocycles. The molecule has 1 aromatic rings. The summed E-state index contributed by atoms with van der Waals surface area (Å²) in [5.74, 6) is 1.06. The maximum atomic E-state index is 6.23. The van der Waals surface area contributed by atoms with Crippen molar-refractivity contribution in [1.82, 2.24) is 0 Å². The van der Waals surface area contributed by atoms with Crippen LogP contribution in [0.3, 0.4) is 0 Å². The highest BCUT2D eigenvalue weighted by molar-refractivity contribution is 5.37. The summed E-state index contributed by atoms with van der Waals surface area (Å²) in [7, 11) is 0. The normalized spacial score (nSPS) is 18.3. The molecule has 1 unspecified atom stereocenters. The van der Waals surface area contributed by atoms with Crippen molar-refractivity contribution in [3.05, 3.63) is 29.3 Å². The minimum absolute atomic E-state index is 0.232. The summed E-state index contributed by atoms with van der Waals surface area (Å²) in [6.45, 7) is 4.27. The molecule has 1 fully saturated rings. The smallest absolute Gasteiger partial charge is 0.122 e. The second-order valence-corrected chi connectivity index (χ2v) is 5.86. The summed E-state index contributed by atoms with van der Waals surface area (Å²) in [5.41, 5.74) is 8.67. The van der Waals surface area contributed by atoms with Crippen LogP contribution >= 0.6 is 0 Å². The van der Waals surface area contributed by atoms with Gasteiger partial charge in [0.1, 0.15) is 5.75 Å². The average Bonchev–Trinajstić information content (AvgIpc) is 2.43. The third-order valence-corrected chi connectivity index (χ3v) is 4.07. The molecule has 2 nitrogen and oxygen atoms in total. The van der Waals surface area contributed by atoms with Gasteiger partial charge in [0.2, 0.25) is 0 Å². The van der Waals surface area contributed by atoms with Crippen LogP contribution in [0.4, 0.5) is 0 Å². The van der Waals surface area contributed by atoms with Crippen molar-refractivity contribution in [1.29, 1.82) is 0 Å². The van der Waals surface area contributed by atoms with E-state index in [0.717, 1.165) is 18.6 Å². The first-order valence-corrected chi connectivity index (χ1v) is 7.70. The molecule has 0 heterocycles. The van der Waals surface area contributed by atoms with Crippen LogP contribution in [0.15, 0.2) is 18.2 Å². The molecular weight excluding hydrogens is 234 g/mol. The number of rotatable bonds is 5. The molecule has 2 N–H and O–H groups in total. The Morgan fingerprint density at radius 2 is 2.00 bits per heavy atom. The lowest BCUT2D eigenvalue weighted by molar-refractivity contribution is 0.153. The predicted molar refractivity (Wildman–Crippen MR) is 80.7 cm³/mol. The van der Waals surface area contributed by atoms with E-state index in [-0.39, 0.29) is 6.04 Å². The highest BCUT2D eigenvalue weighted by atomic mass is 16.5. The summed E-state index contributed by atoms with van der Waals surface area (Å²) in [4.78, 5) is 0. The van der Waals surface area contributed by atoms with Gasteiger partial charge in [0.15, 0.2) is 0 Å². The third kappa shape index (κ3) is 4.24. The number of hydrogen-bond acceptors (Lipinski definition) is 2. The lowest BCUT2D eigenvalue weighted by atomic mass is 9.97. The number of benzene rings is 1. The number of hydrogen-bond donors (Lipinski definition) is 1. The summed E-state index contributed by atoms with van der Waals surface area (Å²) in [6, 6.07) is 6.73. The van der Waals surface area contributed by atoms with Gasteiger partial charge in [0.05, 0.1) is 6.10 Å². The Hall–Kier alpha value is -1.02. The lowest BCUT2D eigenvalue weighted by Crippen LogP contribution is -2.24. The van der Waals surface area contributed by atoms with E-state index in [1.54, 1.807) is 0 Å². The fourth-order valence-electron chi connectivity index (χ4n) is 2.77. The number of nitrogens with two attached hydrogens (primary N) is 1. The highest BCUT2D eigenvalue weighted by Crippen LogP contribution is 2.27. The van der Waals surface area contributed by atoms with E-state index in [1.807, 2.05) is 0 Å². The van der Waals surface area contributed by atoms with Crippen molar-refractivity contribution in [2.24, 2.45) is 5.73 Å². The standard InChI is InChI=1S/C17H27NO/c1-3-15(18)12-14-11-13(2)9-10-17(14)19-16-7-5-4-6-8-16/h9-11,15-16H,3-8,12,18H2,1-2H3. The summed E-state index contributed by atoms with van der Waals surface area (Å²) in [6.07, 6.45) is 8.72. The van der Waals surface area contributed by atoms with Crippen molar-refractivity contribution in [2.75, 3.05) is 0 Å². The van der Waals surface area contributed by atoms with Crippen molar-refractivity contribution < 1.29 is 4.74 Å². The van der Waals surface area contributed by atoms with Gasteiger partial charge in [-0.1, -0.05) is 31.0 Å². The highest BCUT2D eigenvalue weighted by Gasteiger charge is 2.17. The third-order valence-electron chi connectivity index (χ3n) is 4.07. The SMILES string of the molecule is CCC(N)Cc1cc(C)ccc1OC1CCCCC1. The predicted octanol–water partition coefficient (Wildman–Crippen LogP) is 3.99. The lowest BCUT2D eigenvalue weighted by Gasteiger charge is -2.25. The van der Waals surface area contributed by atoms with Crippen LogP contribution in [0.1, 0.15) is 56.6 Å². The van der Waals surface area contributed by atoms with Crippen molar-refractivity contribution >= 4 is 0 Å². The minimum atomic E-state index is 0.232. The molecule has 1 aliphatic carbocycles. The van der Waals surface area contributed by atoms with Gasteiger partial charge in [-0.05, 0) is 57.1 Å². The monoisotopic (exact) mass is 261 g/mol. The van der Waals surface area contributed by atoms with Gasteiger partial charge in [-0.3, -0.25) is 0 Å². The van der Waals surface area contributed by atoms with E-state index in [1.165, 1.54) is 43.2 Å². The van der Waals surface area contributed by atoms with Crippen LogP contribution in [0, 0.1) is 6.92 Å².